The van der Waals surface area contributed by atoms with Crippen LogP contribution >= 0.6 is 0 Å². The van der Waals surface area contributed by atoms with Gasteiger partial charge in [0, 0.05) is 19.3 Å². The van der Waals surface area contributed by atoms with E-state index in [9.17, 15) is 19.5 Å². The number of rotatable bonds is 39. The van der Waals surface area contributed by atoms with Gasteiger partial charge in [0.2, 0.25) is 0 Å². The Hall–Kier alpha value is -2.45. The molecule has 8 heteroatoms. The summed E-state index contributed by atoms with van der Waals surface area (Å²) in [7, 11) is 5.51. The molecule has 0 bridgehead atoms. The third-order valence-electron chi connectivity index (χ3n) is 9.77. The molecule has 0 aromatic heterocycles. The topological polar surface area (TPSA) is 99.1 Å². The Morgan fingerprint density at radius 1 is 0.574 bits per heavy atom. The van der Waals surface area contributed by atoms with Crippen LogP contribution in [0.2, 0.25) is 0 Å². The quantitative estimate of drug-likeness (QED) is 0.0288. The molecule has 2 atom stereocenters. The normalized spacial score (nSPS) is 13.3. The van der Waals surface area contributed by atoms with Gasteiger partial charge in [-0.3, -0.25) is 9.59 Å². The predicted octanol–water partition coefficient (Wildman–Crippen LogP) is 11.9. The Balaban J connectivity index is 4.25. The second-order valence-corrected chi connectivity index (χ2v) is 15.9. The smallest absolute Gasteiger partial charge is 0.362 e. The molecule has 0 spiro atoms. The van der Waals surface area contributed by atoms with Crippen LogP contribution in [0.5, 0.6) is 0 Å². The van der Waals surface area contributed by atoms with Gasteiger partial charge in [-0.25, -0.2) is 4.79 Å². The molecule has 0 heterocycles. The van der Waals surface area contributed by atoms with Gasteiger partial charge in [-0.2, -0.15) is 0 Å². The molecule has 8 nitrogen and oxygen atoms in total. The number of carboxylic acid groups (broad SMARTS) is 1. The molecule has 0 aliphatic heterocycles. The summed E-state index contributed by atoms with van der Waals surface area (Å²) in [6.45, 7) is 4.57. The predicted molar refractivity (Wildman–Crippen MR) is 225 cm³/mol. The maximum atomic E-state index is 12.7. The molecular formula is C46H84NO7+. The third-order valence-corrected chi connectivity index (χ3v) is 9.77. The van der Waals surface area contributed by atoms with Gasteiger partial charge in [-0.1, -0.05) is 140 Å². The Bertz CT molecular complexity index is 984. The van der Waals surface area contributed by atoms with E-state index in [1.165, 1.54) is 103 Å². The van der Waals surface area contributed by atoms with E-state index in [1.54, 1.807) is 0 Å². The van der Waals surface area contributed by atoms with Crippen molar-refractivity contribution in [3.05, 3.63) is 36.5 Å². The molecule has 0 aromatic rings. The third kappa shape index (κ3) is 35.3. The number of carbonyl (C=O) groups excluding carboxylic acids is 2. The highest BCUT2D eigenvalue weighted by molar-refractivity contribution is 5.72. The molecule has 0 aromatic carbocycles. The number of carbonyl (C=O) groups is 3. The number of quaternary nitrogens is 1. The fourth-order valence-electron chi connectivity index (χ4n) is 6.36. The molecule has 0 radical (unpaired) electrons. The molecule has 2 unspecified atom stereocenters. The van der Waals surface area contributed by atoms with Crippen molar-refractivity contribution in [2.24, 2.45) is 0 Å². The van der Waals surface area contributed by atoms with Crippen molar-refractivity contribution in [1.29, 1.82) is 0 Å². The zero-order chi connectivity index (χ0) is 40.0. The van der Waals surface area contributed by atoms with Gasteiger partial charge in [-0.05, 0) is 64.2 Å². The molecule has 314 valence electrons. The first kappa shape index (κ1) is 51.5. The number of allylic oxidation sites excluding steroid dienone is 6. The summed E-state index contributed by atoms with van der Waals surface area (Å²) in [5.74, 6) is -1.52. The maximum Gasteiger partial charge on any atom is 0.362 e. The lowest BCUT2D eigenvalue weighted by atomic mass is 10.1. The summed E-state index contributed by atoms with van der Waals surface area (Å²) < 4.78 is 17.2. The molecule has 1 N–H and O–H groups in total. The molecule has 0 fully saturated rings. The van der Waals surface area contributed by atoms with Crippen LogP contribution in [0.4, 0.5) is 0 Å². The molecule has 0 aliphatic carbocycles. The molecule has 0 aliphatic rings. The van der Waals surface area contributed by atoms with Crippen LogP contribution in [0, 0.1) is 0 Å². The van der Waals surface area contributed by atoms with E-state index in [0.717, 1.165) is 51.4 Å². The van der Waals surface area contributed by atoms with E-state index in [4.69, 9.17) is 14.2 Å². The number of hydrogen-bond donors (Lipinski definition) is 1. The van der Waals surface area contributed by atoms with Crippen molar-refractivity contribution < 1.29 is 38.2 Å². The van der Waals surface area contributed by atoms with E-state index in [-0.39, 0.29) is 36.2 Å². The van der Waals surface area contributed by atoms with Crippen molar-refractivity contribution in [2.45, 2.75) is 199 Å². The number of aliphatic carboxylic acids is 1. The van der Waals surface area contributed by atoms with Crippen molar-refractivity contribution in [2.75, 3.05) is 41.0 Å². The SMILES string of the molecule is CC/C=C/C/C=C/CCCCC(=O)OCC(COCCC(C(=O)O)[N+](C)(C)C)OC(=O)CCCCCCCCC/C=C/CCCCCCCCCCCC. The van der Waals surface area contributed by atoms with Crippen molar-refractivity contribution in [3.8, 4) is 0 Å². The van der Waals surface area contributed by atoms with Crippen LogP contribution in [0.15, 0.2) is 36.5 Å². The van der Waals surface area contributed by atoms with Gasteiger partial charge >= 0.3 is 17.9 Å². The minimum atomic E-state index is -0.881. The van der Waals surface area contributed by atoms with Crippen molar-refractivity contribution >= 4 is 17.9 Å². The van der Waals surface area contributed by atoms with Crippen molar-refractivity contribution in [3.63, 3.8) is 0 Å². The molecule has 0 amide bonds. The van der Waals surface area contributed by atoms with Crippen LogP contribution in [0.3, 0.4) is 0 Å². The first-order chi connectivity index (χ1) is 26.1. The highest BCUT2D eigenvalue weighted by Crippen LogP contribution is 2.14. The van der Waals surface area contributed by atoms with Crippen LogP contribution in [0.25, 0.3) is 0 Å². The van der Waals surface area contributed by atoms with Gasteiger partial charge in [0.05, 0.1) is 34.4 Å². The lowest BCUT2D eigenvalue weighted by Crippen LogP contribution is -2.50. The second-order valence-electron chi connectivity index (χ2n) is 15.9. The van der Waals surface area contributed by atoms with Crippen LogP contribution < -0.4 is 0 Å². The standard InChI is InChI=1S/C46H83NO7/c1-6-8-10-12-14-16-17-18-19-20-21-22-23-24-25-26-27-29-31-33-35-37-45(49)54-42(40-52-39-38-43(46(50)51)47(3,4)5)41-53-44(48)36-34-32-30-28-15-13-11-9-7-2/h9,11,15,22-23,28,42-43H,6-8,10,12-14,16-21,24-27,29-41H2,1-5H3/p+1/b11-9+,23-22+,28-15+. The summed E-state index contributed by atoms with van der Waals surface area (Å²) in [6, 6.07) is -0.618. The fraction of sp³-hybridized carbons (Fsp3) is 0.804. The minimum Gasteiger partial charge on any atom is -0.477 e. The summed E-state index contributed by atoms with van der Waals surface area (Å²) in [5, 5.41) is 9.60. The first-order valence-corrected chi connectivity index (χ1v) is 22.0. The largest absolute Gasteiger partial charge is 0.477 e. The lowest BCUT2D eigenvalue weighted by Gasteiger charge is -2.31. The molecule has 54 heavy (non-hydrogen) atoms. The minimum absolute atomic E-state index is 0.0499. The van der Waals surface area contributed by atoms with E-state index in [0.29, 0.717) is 19.3 Å². The highest BCUT2D eigenvalue weighted by atomic mass is 16.6. The lowest BCUT2D eigenvalue weighted by molar-refractivity contribution is -0.887. The van der Waals surface area contributed by atoms with Gasteiger partial charge in [0.15, 0.2) is 12.1 Å². The van der Waals surface area contributed by atoms with E-state index in [2.05, 4.69) is 50.3 Å². The summed E-state index contributed by atoms with van der Waals surface area (Å²) in [5.41, 5.74) is 0. The Labute approximate surface area is 332 Å². The molecular weight excluding hydrogens is 679 g/mol. The highest BCUT2D eigenvalue weighted by Gasteiger charge is 2.31. The number of nitrogens with zero attached hydrogens (tertiary/aromatic N) is 1. The Morgan fingerprint density at radius 2 is 1.04 bits per heavy atom. The van der Waals surface area contributed by atoms with Crippen molar-refractivity contribution in [1.82, 2.24) is 0 Å². The number of carboxylic acids is 1. The zero-order valence-corrected chi connectivity index (χ0v) is 35.7. The van der Waals surface area contributed by atoms with Gasteiger partial charge in [0.1, 0.15) is 6.61 Å². The van der Waals surface area contributed by atoms with E-state index in [1.807, 2.05) is 21.1 Å². The second kappa shape index (κ2) is 37.5. The maximum absolute atomic E-state index is 12.7. The van der Waals surface area contributed by atoms with Gasteiger partial charge in [0.25, 0.3) is 0 Å². The summed E-state index contributed by atoms with van der Waals surface area (Å²) in [4.78, 5) is 36.8. The fourth-order valence-corrected chi connectivity index (χ4v) is 6.36. The molecule has 0 saturated heterocycles. The number of hydrogen-bond acceptors (Lipinski definition) is 6. The summed E-state index contributed by atoms with van der Waals surface area (Å²) >= 11 is 0. The first-order valence-electron chi connectivity index (χ1n) is 22.0. The average Bonchev–Trinajstić information content (AvgIpc) is 3.12. The van der Waals surface area contributed by atoms with E-state index >= 15 is 0 Å². The summed E-state index contributed by atoms with van der Waals surface area (Å²) in [6.07, 6.45) is 42.1. The number of esters is 2. The van der Waals surface area contributed by atoms with Crippen LogP contribution in [-0.2, 0) is 28.6 Å². The van der Waals surface area contributed by atoms with Gasteiger partial charge < -0.3 is 23.8 Å². The van der Waals surface area contributed by atoms with Gasteiger partial charge in [-0.15, -0.1) is 0 Å². The number of unbranched alkanes of at least 4 members (excludes halogenated alkanes) is 19. The van der Waals surface area contributed by atoms with E-state index < -0.39 is 18.1 Å². The Kier molecular flexibility index (Phi) is 35.8. The average molecular weight is 763 g/mol. The zero-order valence-electron chi connectivity index (χ0n) is 35.7. The number of ether oxygens (including phenoxy) is 3. The monoisotopic (exact) mass is 763 g/mol. The Morgan fingerprint density at radius 3 is 1.57 bits per heavy atom. The molecule has 0 saturated carbocycles. The van der Waals surface area contributed by atoms with Crippen LogP contribution in [-0.4, -0.2) is 80.6 Å². The number of likely N-dealkylation sites (N-methyl/N-ethyl adjacent to an activating group) is 1. The molecule has 0 rings (SSSR count). The van der Waals surface area contributed by atoms with Crippen LogP contribution in [0.1, 0.15) is 187 Å².